The van der Waals surface area contributed by atoms with E-state index in [4.69, 9.17) is 5.73 Å². The maximum Gasteiger partial charge on any atom is 0.212 e. The van der Waals surface area contributed by atoms with Crippen molar-refractivity contribution >= 4 is 10.0 Å². The first-order chi connectivity index (χ1) is 6.37. The predicted octanol–water partition coefficient (Wildman–Crippen LogP) is 0.443. The van der Waals surface area contributed by atoms with Crippen molar-refractivity contribution in [3.63, 3.8) is 0 Å². The van der Waals surface area contributed by atoms with E-state index in [-0.39, 0.29) is 11.3 Å². The Morgan fingerprint density at radius 2 is 2.00 bits per heavy atom. The van der Waals surface area contributed by atoms with Gasteiger partial charge in [-0.05, 0) is 45.6 Å². The maximum absolute atomic E-state index is 11.6. The van der Waals surface area contributed by atoms with E-state index in [1.54, 1.807) is 0 Å². The van der Waals surface area contributed by atoms with Gasteiger partial charge >= 0.3 is 0 Å². The maximum atomic E-state index is 11.6. The van der Waals surface area contributed by atoms with Crippen LogP contribution in [-0.4, -0.2) is 26.3 Å². The highest BCUT2D eigenvalue weighted by molar-refractivity contribution is 7.89. The molecule has 0 aromatic carbocycles. The van der Waals surface area contributed by atoms with Gasteiger partial charge in [0.15, 0.2) is 0 Å². The summed E-state index contributed by atoms with van der Waals surface area (Å²) in [5, 5.41) is 0. The number of sulfonamides is 1. The van der Waals surface area contributed by atoms with E-state index < -0.39 is 10.0 Å². The zero-order chi connectivity index (χ0) is 10.8. The number of nitrogens with one attached hydrogen (secondary N) is 1. The first-order valence-corrected chi connectivity index (χ1v) is 6.74. The molecule has 0 saturated heterocycles. The van der Waals surface area contributed by atoms with Gasteiger partial charge in [0, 0.05) is 5.54 Å². The quantitative estimate of drug-likeness (QED) is 0.682. The van der Waals surface area contributed by atoms with Crippen LogP contribution in [0.4, 0.5) is 0 Å². The third-order valence-electron chi connectivity index (χ3n) is 2.63. The third-order valence-corrected chi connectivity index (χ3v) is 4.30. The van der Waals surface area contributed by atoms with Crippen LogP contribution in [0.25, 0.3) is 0 Å². The molecule has 0 aromatic heterocycles. The van der Waals surface area contributed by atoms with Crippen LogP contribution in [0, 0.1) is 5.92 Å². The van der Waals surface area contributed by atoms with Crippen LogP contribution in [0.3, 0.4) is 0 Å². The highest BCUT2D eigenvalue weighted by Crippen LogP contribution is 2.39. The van der Waals surface area contributed by atoms with Crippen molar-refractivity contribution in [2.24, 2.45) is 11.7 Å². The lowest BCUT2D eigenvalue weighted by Crippen LogP contribution is -2.46. The molecule has 1 fully saturated rings. The molecular weight excluding hydrogens is 200 g/mol. The predicted molar refractivity (Wildman–Crippen MR) is 57.4 cm³/mol. The second-order valence-corrected chi connectivity index (χ2v) is 6.40. The minimum Gasteiger partial charge on any atom is -0.330 e. The molecule has 14 heavy (non-hydrogen) atoms. The highest BCUT2D eigenvalue weighted by Gasteiger charge is 2.39. The van der Waals surface area contributed by atoms with Crippen LogP contribution < -0.4 is 10.5 Å². The molecule has 84 valence electrons. The fraction of sp³-hybridized carbons (Fsp3) is 1.00. The second-order valence-electron chi connectivity index (χ2n) is 4.56. The summed E-state index contributed by atoms with van der Waals surface area (Å²) in [6.45, 7) is 4.32. The fourth-order valence-electron chi connectivity index (χ4n) is 1.61. The van der Waals surface area contributed by atoms with Crippen molar-refractivity contribution in [1.29, 1.82) is 0 Å². The summed E-state index contributed by atoms with van der Waals surface area (Å²) in [4.78, 5) is 0. The average Bonchev–Trinajstić information content (AvgIpc) is 2.80. The number of hydrogen-bond donors (Lipinski definition) is 2. The smallest absolute Gasteiger partial charge is 0.212 e. The Balaban J connectivity index is 2.48. The molecule has 1 saturated carbocycles. The molecule has 1 rings (SSSR count). The Morgan fingerprint density at radius 3 is 2.43 bits per heavy atom. The van der Waals surface area contributed by atoms with Gasteiger partial charge in [-0.15, -0.1) is 0 Å². The van der Waals surface area contributed by atoms with Gasteiger partial charge in [-0.25, -0.2) is 13.1 Å². The minimum absolute atomic E-state index is 0.139. The molecule has 0 aromatic rings. The molecule has 1 aliphatic rings. The van der Waals surface area contributed by atoms with E-state index in [1.807, 2.05) is 13.8 Å². The summed E-state index contributed by atoms with van der Waals surface area (Å²) in [6.07, 6.45) is 2.79. The molecular formula is C9H20N2O2S. The zero-order valence-corrected chi connectivity index (χ0v) is 9.73. The van der Waals surface area contributed by atoms with Gasteiger partial charge in [-0.1, -0.05) is 0 Å². The van der Waals surface area contributed by atoms with E-state index >= 15 is 0 Å². The van der Waals surface area contributed by atoms with E-state index in [0.717, 1.165) is 12.8 Å². The first-order valence-electron chi connectivity index (χ1n) is 5.09. The zero-order valence-electron chi connectivity index (χ0n) is 8.91. The van der Waals surface area contributed by atoms with Crippen molar-refractivity contribution in [3.05, 3.63) is 0 Å². The molecule has 0 radical (unpaired) electrons. The van der Waals surface area contributed by atoms with Gasteiger partial charge in [-0.2, -0.15) is 0 Å². The molecule has 3 N–H and O–H groups in total. The SMILES string of the molecule is CC(C)(NS(=O)(=O)CCCN)C1CC1. The summed E-state index contributed by atoms with van der Waals surface area (Å²) < 4.78 is 25.9. The van der Waals surface area contributed by atoms with Crippen LogP contribution >= 0.6 is 0 Å². The molecule has 0 spiro atoms. The number of hydrogen-bond acceptors (Lipinski definition) is 3. The van der Waals surface area contributed by atoms with Crippen molar-refractivity contribution in [2.75, 3.05) is 12.3 Å². The molecule has 0 amide bonds. The molecule has 4 nitrogen and oxygen atoms in total. The summed E-state index contributed by atoms with van der Waals surface area (Å²) in [6, 6.07) is 0. The van der Waals surface area contributed by atoms with Crippen LogP contribution in [-0.2, 0) is 10.0 Å². The molecule has 5 heteroatoms. The highest BCUT2D eigenvalue weighted by atomic mass is 32.2. The van der Waals surface area contributed by atoms with E-state index in [0.29, 0.717) is 18.9 Å². The molecule has 0 bridgehead atoms. The van der Waals surface area contributed by atoms with E-state index in [1.165, 1.54) is 0 Å². The second kappa shape index (κ2) is 4.16. The summed E-state index contributed by atoms with van der Waals surface area (Å²) in [7, 11) is -3.14. The molecule has 0 atom stereocenters. The van der Waals surface area contributed by atoms with Gasteiger partial charge in [0.05, 0.1) is 5.75 Å². The van der Waals surface area contributed by atoms with Crippen molar-refractivity contribution in [1.82, 2.24) is 4.72 Å². The summed E-state index contributed by atoms with van der Waals surface area (Å²) in [5.41, 5.74) is 5.00. The molecule has 1 aliphatic carbocycles. The van der Waals surface area contributed by atoms with Gasteiger partial charge < -0.3 is 5.73 Å². The van der Waals surface area contributed by atoms with Gasteiger partial charge in [-0.3, -0.25) is 0 Å². The van der Waals surface area contributed by atoms with Crippen molar-refractivity contribution in [3.8, 4) is 0 Å². The lowest BCUT2D eigenvalue weighted by molar-refractivity contribution is 0.400. The monoisotopic (exact) mass is 220 g/mol. The molecule has 0 heterocycles. The van der Waals surface area contributed by atoms with Gasteiger partial charge in [0.2, 0.25) is 10.0 Å². The first kappa shape index (κ1) is 11.9. The van der Waals surface area contributed by atoms with Crippen LogP contribution in [0.15, 0.2) is 0 Å². The largest absolute Gasteiger partial charge is 0.330 e. The minimum atomic E-state index is -3.14. The Morgan fingerprint density at radius 1 is 1.43 bits per heavy atom. The summed E-state index contributed by atoms with van der Waals surface area (Å²) >= 11 is 0. The van der Waals surface area contributed by atoms with Crippen LogP contribution in [0.2, 0.25) is 0 Å². The summed E-state index contributed by atoms with van der Waals surface area (Å²) in [5.74, 6) is 0.648. The number of nitrogens with two attached hydrogens (primary N) is 1. The topological polar surface area (TPSA) is 72.2 Å². The average molecular weight is 220 g/mol. The third kappa shape index (κ3) is 3.55. The molecule has 0 aliphatic heterocycles. The lowest BCUT2D eigenvalue weighted by Gasteiger charge is -2.25. The van der Waals surface area contributed by atoms with Crippen LogP contribution in [0.5, 0.6) is 0 Å². The Bertz CT molecular complexity index is 281. The number of rotatable bonds is 6. The lowest BCUT2D eigenvalue weighted by atomic mass is 10.0. The van der Waals surface area contributed by atoms with Crippen molar-refractivity contribution in [2.45, 2.75) is 38.6 Å². The van der Waals surface area contributed by atoms with E-state index in [9.17, 15) is 8.42 Å². The van der Waals surface area contributed by atoms with E-state index in [2.05, 4.69) is 4.72 Å². The van der Waals surface area contributed by atoms with Gasteiger partial charge in [0.1, 0.15) is 0 Å². The van der Waals surface area contributed by atoms with Crippen LogP contribution in [0.1, 0.15) is 33.1 Å². The Kier molecular flexibility index (Phi) is 3.55. The fourth-order valence-corrected chi connectivity index (χ4v) is 3.23. The Labute approximate surface area is 86.3 Å². The molecule has 0 unspecified atom stereocenters. The Hall–Kier alpha value is -0.130. The standard InChI is InChI=1S/C9H20N2O2S/c1-9(2,8-4-5-8)11-14(12,13)7-3-6-10/h8,11H,3-7,10H2,1-2H3. The van der Waals surface area contributed by atoms with Crippen molar-refractivity contribution < 1.29 is 8.42 Å². The normalized spacial score (nSPS) is 18.5. The van der Waals surface area contributed by atoms with Gasteiger partial charge in [0.25, 0.3) is 0 Å².